The summed E-state index contributed by atoms with van der Waals surface area (Å²) in [7, 11) is 2.84. The van der Waals surface area contributed by atoms with Gasteiger partial charge >= 0.3 is 0 Å². The second-order valence-electron chi connectivity index (χ2n) is 12.9. The second-order valence-corrected chi connectivity index (χ2v) is 19.2. The monoisotopic (exact) mass is 854 g/mol. The number of rotatable bonds is 23. The van der Waals surface area contributed by atoms with Gasteiger partial charge in [-0.2, -0.15) is 0 Å². The minimum absolute atomic E-state index is 0.0253. The Balaban J connectivity index is 1.41. The molecule has 14 nitrogen and oxygen atoms in total. The zero-order chi connectivity index (χ0) is 40.8. The summed E-state index contributed by atoms with van der Waals surface area (Å²) in [4.78, 5) is 54.6. The minimum Gasteiger partial charge on any atom is -0.493 e. The van der Waals surface area contributed by atoms with Crippen molar-refractivity contribution in [2.45, 2.75) is 87.5 Å². The predicted molar refractivity (Wildman–Crippen MR) is 228 cm³/mol. The van der Waals surface area contributed by atoms with Gasteiger partial charge < -0.3 is 28.7 Å². The van der Waals surface area contributed by atoms with Crippen LogP contribution in [0.5, 0.6) is 23.0 Å². The van der Waals surface area contributed by atoms with Crippen LogP contribution < -0.4 is 18.9 Å². The molecule has 0 spiro atoms. The van der Waals surface area contributed by atoms with E-state index in [0.717, 1.165) is 48.7 Å². The highest BCUT2D eigenvalue weighted by Gasteiger charge is 2.40. The number of carbonyl (C=O) groups excluding carboxylic acids is 2. The summed E-state index contributed by atoms with van der Waals surface area (Å²) < 4.78 is 23.3. The first-order valence-electron chi connectivity index (χ1n) is 19.1. The SMILES string of the molecule is CCSC(SCC)[C@@H]1CCCN1C(=O)c1cc(OC)c(OCCCCOc2cc([N+](=O)[O-])c(C(=O)N3CCC[C@H]3C(SCC)SCC)cc2OC)cc1[N+](=O)[O-]. The molecule has 2 saturated heterocycles. The van der Waals surface area contributed by atoms with Gasteiger partial charge in [-0.1, -0.05) is 27.7 Å². The van der Waals surface area contributed by atoms with Gasteiger partial charge in [0.15, 0.2) is 23.0 Å². The van der Waals surface area contributed by atoms with Crippen molar-refractivity contribution in [1.82, 2.24) is 9.80 Å². The number of hydrogen-bond acceptors (Lipinski definition) is 14. The normalized spacial score (nSPS) is 16.8. The molecular formula is C38H54N4O10S4. The Hall–Kier alpha value is -3.22. The quantitative estimate of drug-likeness (QED) is 0.0452. The number of carbonyl (C=O) groups is 2. The first kappa shape index (κ1) is 45.5. The van der Waals surface area contributed by atoms with Crippen LogP contribution in [0, 0.1) is 20.2 Å². The van der Waals surface area contributed by atoms with Crippen LogP contribution in [-0.4, -0.2) is 116 Å². The molecule has 56 heavy (non-hydrogen) atoms. The van der Waals surface area contributed by atoms with Gasteiger partial charge in [-0.05, 0) is 61.5 Å². The number of nitro groups is 2. The lowest BCUT2D eigenvalue weighted by atomic mass is 10.1. The molecular weight excluding hydrogens is 801 g/mol. The third kappa shape index (κ3) is 11.2. The maximum Gasteiger partial charge on any atom is 0.286 e. The van der Waals surface area contributed by atoms with Crippen LogP contribution in [0.25, 0.3) is 0 Å². The topological polar surface area (TPSA) is 164 Å². The van der Waals surface area contributed by atoms with E-state index in [2.05, 4.69) is 27.7 Å². The smallest absolute Gasteiger partial charge is 0.286 e. The lowest BCUT2D eigenvalue weighted by molar-refractivity contribution is -0.385. The van der Waals surface area contributed by atoms with Crippen LogP contribution in [-0.2, 0) is 0 Å². The van der Waals surface area contributed by atoms with Crippen LogP contribution in [0.4, 0.5) is 11.4 Å². The Labute approximate surface area is 346 Å². The van der Waals surface area contributed by atoms with E-state index in [1.807, 2.05) is 0 Å². The van der Waals surface area contributed by atoms with Crippen molar-refractivity contribution in [3.8, 4) is 23.0 Å². The molecule has 0 unspecified atom stereocenters. The van der Waals surface area contributed by atoms with E-state index in [9.17, 15) is 29.8 Å². The molecule has 4 rings (SSSR count). The van der Waals surface area contributed by atoms with Gasteiger partial charge in [0.1, 0.15) is 11.1 Å². The molecule has 0 bridgehead atoms. The molecule has 2 amide bonds. The number of methoxy groups -OCH3 is 2. The Morgan fingerprint density at radius 3 is 1.32 bits per heavy atom. The molecule has 2 aliphatic rings. The highest BCUT2D eigenvalue weighted by molar-refractivity contribution is 8.17. The molecule has 0 aliphatic carbocycles. The molecule has 0 aromatic heterocycles. The molecule has 2 fully saturated rings. The van der Waals surface area contributed by atoms with Crippen molar-refractivity contribution in [1.29, 1.82) is 0 Å². The summed E-state index contributed by atoms with van der Waals surface area (Å²) in [5.74, 6) is 3.56. The third-order valence-electron chi connectivity index (χ3n) is 9.54. The fourth-order valence-electron chi connectivity index (χ4n) is 7.02. The van der Waals surface area contributed by atoms with Crippen molar-refractivity contribution >= 4 is 70.2 Å². The van der Waals surface area contributed by atoms with E-state index in [4.69, 9.17) is 18.9 Å². The Kier molecular flexibility index (Phi) is 18.4. The third-order valence-corrected chi connectivity index (χ3v) is 15.1. The molecule has 2 aliphatic heterocycles. The average molecular weight is 855 g/mol. The predicted octanol–water partition coefficient (Wildman–Crippen LogP) is 8.63. The van der Waals surface area contributed by atoms with Gasteiger partial charge in [-0.3, -0.25) is 29.8 Å². The molecule has 2 aromatic carbocycles. The molecule has 0 radical (unpaired) electrons. The van der Waals surface area contributed by atoms with Gasteiger partial charge in [0.05, 0.1) is 70.7 Å². The van der Waals surface area contributed by atoms with Crippen LogP contribution >= 0.6 is 47.0 Å². The maximum absolute atomic E-state index is 13.8. The Morgan fingerprint density at radius 1 is 0.661 bits per heavy atom. The summed E-state index contributed by atoms with van der Waals surface area (Å²) in [6.45, 7) is 9.72. The lowest BCUT2D eigenvalue weighted by Gasteiger charge is -2.31. The summed E-state index contributed by atoms with van der Waals surface area (Å²) in [5, 5.41) is 24.5. The maximum atomic E-state index is 13.8. The van der Waals surface area contributed by atoms with Crippen LogP contribution in [0.3, 0.4) is 0 Å². The Bertz CT molecular complexity index is 1540. The number of hydrogen-bond donors (Lipinski definition) is 0. The summed E-state index contributed by atoms with van der Waals surface area (Å²) in [6.07, 6.45) is 4.28. The number of thioether (sulfide) groups is 4. The summed E-state index contributed by atoms with van der Waals surface area (Å²) in [5.41, 5.74) is -0.768. The van der Waals surface area contributed by atoms with E-state index >= 15 is 0 Å². The largest absolute Gasteiger partial charge is 0.493 e. The number of benzene rings is 2. The van der Waals surface area contributed by atoms with Crippen molar-refractivity contribution in [2.24, 2.45) is 0 Å². The lowest BCUT2D eigenvalue weighted by Crippen LogP contribution is -2.41. The number of nitro benzene ring substituents is 2. The number of nitrogens with zero attached hydrogens (tertiary/aromatic N) is 4. The molecule has 0 saturated carbocycles. The molecule has 2 heterocycles. The highest BCUT2D eigenvalue weighted by atomic mass is 32.2. The standard InChI is InChI=1S/C38H54N4O10S4/c1-7-53-37(54-8-2)27-15-13-17-39(27)35(43)25-21-31(49-5)33(23-29(25)41(45)46)51-19-11-12-20-52-34-24-30(42(47)48)26(22-32(34)50-6)36(44)40-18-14-16-28(40)38(55-9-3)56-10-4/h21-24,27-28,37-38H,7-20H2,1-6H3/t27-,28-/m0/s1. The van der Waals surface area contributed by atoms with Gasteiger partial charge in [0.25, 0.3) is 23.2 Å². The van der Waals surface area contributed by atoms with Crippen molar-refractivity contribution in [3.05, 3.63) is 55.6 Å². The fourth-order valence-corrected chi connectivity index (χ4v) is 12.8. The molecule has 310 valence electrons. The molecule has 18 heteroatoms. The van der Waals surface area contributed by atoms with Crippen molar-refractivity contribution in [3.63, 3.8) is 0 Å². The van der Waals surface area contributed by atoms with E-state index in [1.165, 1.54) is 38.5 Å². The van der Waals surface area contributed by atoms with Gasteiger partial charge in [0.2, 0.25) is 0 Å². The van der Waals surface area contributed by atoms with Crippen molar-refractivity contribution < 1.29 is 38.4 Å². The number of amides is 2. The van der Waals surface area contributed by atoms with Crippen LogP contribution in [0.1, 0.15) is 86.9 Å². The fraction of sp³-hybridized carbons (Fsp3) is 0.632. The molecule has 2 aromatic rings. The average Bonchev–Trinajstić information content (AvgIpc) is 3.89. The molecule has 0 N–H and O–H groups in total. The van der Waals surface area contributed by atoms with Crippen LogP contribution in [0.15, 0.2) is 24.3 Å². The van der Waals surface area contributed by atoms with Gasteiger partial charge in [-0.15, -0.1) is 47.0 Å². The van der Waals surface area contributed by atoms with E-state index < -0.39 is 21.7 Å². The zero-order valence-corrected chi connectivity index (χ0v) is 36.3. The minimum atomic E-state index is -0.569. The molecule has 2 atom stereocenters. The number of likely N-dealkylation sites (tertiary alicyclic amines) is 2. The van der Waals surface area contributed by atoms with Gasteiger partial charge in [-0.25, -0.2) is 0 Å². The zero-order valence-electron chi connectivity index (χ0n) is 33.0. The van der Waals surface area contributed by atoms with E-state index in [-0.39, 0.29) is 80.0 Å². The van der Waals surface area contributed by atoms with Crippen LogP contribution in [0.2, 0.25) is 0 Å². The van der Waals surface area contributed by atoms with Crippen molar-refractivity contribution in [2.75, 3.05) is 63.5 Å². The first-order chi connectivity index (χ1) is 27.0. The first-order valence-corrected chi connectivity index (χ1v) is 23.3. The van der Waals surface area contributed by atoms with Gasteiger partial charge in [0, 0.05) is 25.2 Å². The highest BCUT2D eigenvalue weighted by Crippen LogP contribution is 2.41. The number of ether oxygens (including phenoxy) is 4. The van der Waals surface area contributed by atoms with E-state index in [1.54, 1.807) is 56.8 Å². The summed E-state index contributed by atoms with van der Waals surface area (Å²) >= 11 is 7.18. The Morgan fingerprint density at radius 2 is 1.02 bits per heavy atom. The van der Waals surface area contributed by atoms with E-state index in [0.29, 0.717) is 25.9 Å². The second kappa shape index (κ2) is 22.6. The summed E-state index contributed by atoms with van der Waals surface area (Å²) in [6, 6.07) is 5.23. The number of unbranched alkanes of at least 4 members (excludes halogenated alkanes) is 1.